The molecule has 0 aliphatic carbocycles. The Morgan fingerprint density at radius 2 is 1.77 bits per heavy atom. The summed E-state index contributed by atoms with van der Waals surface area (Å²) in [6, 6.07) is 19.3. The highest BCUT2D eigenvalue weighted by Crippen LogP contribution is 2.28. The number of halogens is 1. The molecule has 0 saturated heterocycles. The topological polar surface area (TPSA) is 97.3 Å². The molecule has 0 atom stereocenters. The van der Waals surface area contributed by atoms with Crippen molar-refractivity contribution in [3.63, 3.8) is 0 Å². The summed E-state index contributed by atoms with van der Waals surface area (Å²) in [5.74, 6) is 0.530. The predicted molar refractivity (Wildman–Crippen MR) is 137 cm³/mol. The van der Waals surface area contributed by atoms with Crippen molar-refractivity contribution in [2.45, 2.75) is 18.2 Å². The third-order valence-corrected chi connectivity index (χ3v) is 6.83. The first-order chi connectivity index (χ1) is 16.8. The van der Waals surface area contributed by atoms with Crippen molar-refractivity contribution in [2.75, 3.05) is 24.6 Å². The van der Waals surface area contributed by atoms with Gasteiger partial charge in [0.2, 0.25) is 0 Å². The summed E-state index contributed by atoms with van der Waals surface area (Å²) in [4.78, 5) is 12.7. The fourth-order valence-electron chi connectivity index (χ4n) is 3.08. The van der Waals surface area contributed by atoms with Gasteiger partial charge in [0.05, 0.1) is 30.5 Å². The number of anilines is 1. The van der Waals surface area contributed by atoms with Gasteiger partial charge in [0.1, 0.15) is 6.54 Å². The number of carbonyl (C=O) groups is 1. The number of carbonyl (C=O) groups excluding carboxylic acids is 1. The van der Waals surface area contributed by atoms with Crippen LogP contribution in [0.25, 0.3) is 0 Å². The normalized spacial score (nSPS) is 11.3. The zero-order valence-corrected chi connectivity index (χ0v) is 20.9. The Hall–Kier alpha value is -3.56. The molecule has 0 saturated carbocycles. The van der Waals surface area contributed by atoms with Gasteiger partial charge in [0, 0.05) is 5.02 Å². The average Bonchev–Trinajstić information content (AvgIpc) is 2.87. The van der Waals surface area contributed by atoms with Gasteiger partial charge in [-0.2, -0.15) is 5.10 Å². The summed E-state index contributed by atoms with van der Waals surface area (Å²) in [6.45, 7) is 2.09. The van der Waals surface area contributed by atoms with Crippen LogP contribution in [0.15, 0.2) is 82.8 Å². The lowest BCUT2D eigenvalue weighted by atomic mass is 10.2. The molecule has 0 fully saturated rings. The molecule has 184 valence electrons. The van der Waals surface area contributed by atoms with Gasteiger partial charge in [-0.05, 0) is 66.6 Å². The maximum absolute atomic E-state index is 13.3. The first-order valence-corrected chi connectivity index (χ1v) is 12.6. The molecule has 0 aromatic heterocycles. The van der Waals surface area contributed by atoms with Crippen molar-refractivity contribution in [1.29, 1.82) is 0 Å². The van der Waals surface area contributed by atoms with Gasteiger partial charge in [-0.1, -0.05) is 36.7 Å². The van der Waals surface area contributed by atoms with E-state index in [1.165, 1.54) is 37.6 Å². The summed E-state index contributed by atoms with van der Waals surface area (Å²) < 4.78 is 38.5. The van der Waals surface area contributed by atoms with E-state index >= 15 is 0 Å². The van der Waals surface area contributed by atoms with E-state index in [9.17, 15) is 13.2 Å². The Kier molecular flexibility index (Phi) is 9.11. The molecule has 0 spiro atoms. The summed E-state index contributed by atoms with van der Waals surface area (Å²) >= 11 is 5.95. The Labute approximate surface area is 210 Å². The molecule has 3 aromatic carbocycles. The van der Waals surface area contributed by atoms with Crippen LogP contribution in [0.4, 0.5) is 5.69 Å². The molecular weight excluding hydrogens is 490 g/mol. The number of hydrogen-bond acceptors (Lipinski definition) is 6. The molecule has 8 nitrogen and oxygen atoms in total. The second-order valence-corrected chi connectivity index (χ2v) is 9.65. The molecule has 0 radical (unpaired) electrons. The smallest absolute Gasteiger partial charge is 0.264 e. The van der Waals surface area contributed by atoms with Crippen LogP contribution in [-0.4, -0.2) is 40.8 Å². The van der Waals surface area contributed by atoms with Crippen molar-refractivity contribution in [3.05, 3.63) is 83.4 Å². The van der Waals surface area contributed by atoms with E-state index in [0.29, 0.717) is 34.4 Å². The molecule has 10 heteroatoms. The minimum atomic E-state index is -4.01. The van der Waals surface area contributed by atoms with Gasteiger partial charge in [0.25, 0.3) is 15.9 Å². The monoisotopic (exact) mass is 515 g/mol. The lowest BCUT2D eigenvalue weighted by Gasteiger charge is -2.23. The molecule has 0 heterocycles. The number of hydrazone groups is 1. The third kappa shape index (κ3) is 6.97. The van der Waals surface area contributed by atoms with E-state index in [4.69, 9.17) is 21.1 Å². The molecule has 1 amide bonds. The summed E-state index contributed by atoms with van der Waals surface area (Å²) in [5, 5.41) is 4.41. The van der Waals surface area contributed by atoms with Crippen molar-refractivity contribution < 1.29 is 22.7 Å². The summed E-state index contributed by atoms with van der Waals surface area (Å²) in [5.41, 5.74) is 3.34. The van der Waals surface area contributed by atoms with Crippen molar-refractivity contribution in [1.82, 2.24) is 5.43 Å². The van der Waals surface area contributed by atoms with Crippen molar-refractivity contribution >= 4 is 39.4 Å². The zero-order chi connectivity index (χ0) is 25.3. The van der Waals surface area contributed by atoms with E-state index in [1.54, 1.807) is 48.5 Å². The van der Waals surface area contributed by atoms with E-state index in [-0.39, 0.29) is 4.90 Å². The van der Waals surface area contributed by atoms with E-state index in [1.807, 2.05) is 6.92 Å². The number of sulfonamides is 1. The van der Waals surface area contributed by atoms with Crippen LogP contribution >= 0.6 is 11.6 Å². The molecule has 0 unspecified atom stereocenters. The fraction of sp³-hybridized carbons (Fsp3) is 0.200. The average molecular weight is 516 g/mol. The number of methoxy groups -OCH3 is 1. The minimum absolute atomic E-state index is 0.0590. The highest BCUT2D eigenvalue weighted by molar-refractivity contribution is 7.92. The predicted octanol–water partition coefficient (Wildman–Crippen LogP) is 4.48. The second kappa shape index (κ2) is 12.2. The highest BCUT2D eigenvalue weighted by Gasteiger charge is 2.27. The summed E-state index contributed by atoms with van der Waals surface area (Å²) in [7, 11) is -2.48. The Morgan fingerprint density at radius 3 is 2.43 bits per heavy atom. The molecule has 0 aliphatic rings. The van der Waals surface area contributed by atoms with Crippen LogP contribution in [0.1, 0.15) is 18.9 Å². The van der Waals surface area contributed by atoms with Crippen LogP contribution in [0.2, 0.25) is 5.02 Å². The first kappa shape index (κ1) is 26.1. The number of rotatable bonds is 11. The number of hydrogen-bond donors (Lipinski definition) is 1. The van der Waals surface area contributed by atoms with Gasteiger partial charge in [-0.25, -0.2) is 13.8 Å². The SMILES string of the molecule is CCCOc1ccc(/C=N/NC(=O)CN(c2ccc(Cl)cc2)S(=O)(=O)c2ccccc2)cc1OC. The lowest BCUT2D eigenvalue weighted by Crippen LogP contribution is -2.39. The Bertz CT molecular complexity index is 1270. The molecule has 0 bridgehead atoms. The molecule has 3 aromatic rings. The number of nitrogens with one attached hydrogen (secondary N) is 1. The van der Waals surface area contributed by atoms with Gasteiger partial charge in [0.15, 0.2) is 11.5 Å². The number of amides is 1. The Balaban J connectivity index is 1.76. The van der Waals surface area contributed by atoms with Gasteiger partial charge in [-0.3, -0.25) is 9.10 Å². The van der Waals surface area contributed by atoms with E-state index < -0.39 is 22.5 Å². The molecule has 1 N–H and O–H groups in total. The van der Waals surface area contributed by atoms with Crippen molar-refractivity contribution in [2.24, 2.45) is 5.10 Å². The van der Waals surface area contributed by atoms with Crippen LogP contribution in [0, 0.1) is 0 Å². The number of nitrogens with zero attached hydrogens (tertiary/aromatic N) is 2. The van der Waals surface area contributed by atoms with Crippen LogP contribution in [-0.2, 0) is 14.8 Å². The van der Waals surface area contributed by atoms with Crippen LogP contribution in [0.3, 0.4) is 0 Å². The maximum atomic E-state index is 13.3. The molecule has 35 heavy (non-hydrogen) atoms. The number of ether oxygens (including phenoxy) is 2. The lowest BCUT2D eigenvalue weighted by molar-refractivity contribution is -0.119. The largest absolute Gasteiger partial charge is 0.493 e. The minimum Gasteiger partial charge on any atom is -0.493 e. The summed E-state index contributed by atoms with van der Waals surface area (Å²) in [6.07, 6.45) is 2.30. The third-order valence-electron chi connectivity index (χ3n) is 4.79. The number of benzene rings is 3. The van der Waals surface area contributed by atoms with E-state index in [2.05, 4.69) is 10.5 Å². The molecule has 0 aliphatic heterocycles. The van der Waals surface area contributed by atoms with E-state index in [0.717, 1.165) is 10.7 Å². The van der Waals surface area contributed by atoms with Crippen LogP contribution in [0.5, 0.6) is 11.5 Å². The standard InChI is InChI=1S/C25H26ClN3O5S/c1-3-15-34-23-14-9-19(16-24(23)33-2)17-27-28-25(30)18-29(21-12-10-20(26)11-13-21)35(31,32)22-7-5-4-6-8-22/h4-14,16-17H,3,15,18H2,1-2H3,(H,28,30)/b27-17+. The van der Waals surface area contributed by atoms with Gasteiger partial charge in [-0.15, -0.1) is 0 Å². The molecular formula is C25H26ClN3O5S. The second-order valence-electron chi connectivity index (χ2n) is 7.35. The highest BCUT2D eigenvalue weighted by atomic mass is 35.5. The zero-order valence-electron chi connectivity index (χ0n) is 19.3. The van der Waals surface area contributed by atoms with Crippen LogP contribution < -0.4 is 19.2 Å². The molecule has 3 rings (SSSR count). The fourth-order valence-corrected chi connectivity index (χ4v) is 4.65. The maximum Gasteiger partial charge on any atom is 0.264 e. The quantitative estimate of drug-likeness (QED) is 0.300. The van der Waals surface area contributed by atoms with Crippen molar-refractivity contribution in [3.8, 4) is 11.5 Å². The first-order valence-electron chi connectivity index (χ1n) is 10.8. The van der Waals surface area contributed by atoms with Gasteiger partial charge < -0.3 is 9.47 Å². The van der Waals surface area contributed by atoms with Gasteiger partial charge >= 0.3 is 0 Å². The Morgan fingerprint density at radius 1 is 1.06 bits per heavy atom.